The summed E-state index contributed by atoms with van der Waals surface area (Å²) in [6.07, 6.45) is -0.186. The smallest absolute Gasteiger partial charge is 0.303 e. The molecule has 0 unspecified atom stereocenters. The summed E-state index contributed by atoms with van der Waals surface area (Å²) in [6.45, 7) is 2.43. The van der Waals surface area contributed by atoms with Crippen LogP contribution in [0.3, 0.4) is 0 Å². The Balaban J connectivity index is 1.94. The zero-order valence-corrected chi connectivity index (χ0v) is 14.3. The molecule has 0 amide bonds. The van der Waals surface area contributed by atoms with Crippen molar-refractivity contribution < 1.29 is 19.4 Å². The minimum Gasteiger partial charge on any atom is -0.494 e. The first kappa shape index (κ1) is 18.7. The normalized spacial score (nSPS) is 10.4. The lowest BCUT2D eigenvalue weighted by atomic mass is 10.1. The van der Waals surface area contributed by atoms with Gasteiger partial charge in [-0.25, -0.2) is 0 Å². The van der Waals surface area contributed by atoms with E-state index in [0.717, 1.165) is 11.8 Å². The predicted molar refractivity (Wildman–Crippen MR) is 91.3 cm³/mol. The van der Waals surface area contributed by atoms with Crippen molar-refractivity contribution in [2.75, 3.05) is 12.4 Å². The third kappa shape index (κ3) is 5.71. The monoisotopic (exact) mass is 363 g/mol. The van der Waals surface area contributed by atoms with Crippen LogP contribution < -0.4 is 10.3 Å². The van der Waals surface area contributed by atoms with Crippen molar-refractivity contribution in [2.45, 2.75) is 24.9 Å². The summed E-state index contributed by atoms with van der Waals surface area (Å²) in [5.41, 5.74) is 0.0983. The highest BCUT2D eigenvalue weighted by Crippen LogP contribution is 2.16. The van der Waals surface area contributed by atoms with E-state index in [1.165, 1.54) is 0 Å². The van der Waals surface area contributed by atoms with Gasteiger partial charge in [-0.3, -0.25) is 19.4 Å². The number of carboxylic acids is 1. The highest BCUT2D eigenvalue weighted by Gasteiger charge is 2.11. The van der Waals surface area contributed by atoms with Crippen molar-refractivity contribution in [3.05, 3.63) is 45.9 Å². The number of hydrogen-bond acceptors (Lipinski definition) is 7. The molecule has 2 aromatic rings. The third-order valence-corrected chi connectivity index (χ3v) is 4.01. The van der Waals surface area contributed by atoms with Crippen molar-refractivity contribution >= 4 is 23.5 Å². The maximum atomic E-state index is 12.1. The number of benzene rings is 1. The Morgan fingerprint density at radius 2 is 1.96 bits per heavy atom. The van der Waals surface area contributed by atoms with Gasteiger partial charge in [0.15, 0.2) is 10.9 Å². The van der Waals surface area contributed by atoms with E-state index >= 15 is 0 Å². The predicted octanol–water partition coefficient (Wildman–Crippen LogP) is 1.56. The van der Waals surface area contributed by atoms with Gasteiger partial charge in [-0.15, -0.1) is 10.2 Å². The molecule has 0 spiro atoms. The zero-order valence-electron chi connectivity index (χ0n) is 13.5. The summed E-state index contributed by atoms with van der Waals surface area (Å²) in [5.74, 6) is -0.349. The fourth-order valence-electron chi connectivity index (χ4n) is 1.92. The van der Waals surface area contributed by atoms with Crippen molar-refractivity contribution in [3.8, 4) is 5.75 Å². The Morgan fingerprint density at radius 1 is 1.24 bits per heavy atom. The molecule has 1 aromatic carbocycles. The van der Waals surface area contributed by atoms with Gasteiger partial charge in [0.05, 0.1) is 18.8 Å². The molecule has 132 valence electrons. The first-order chi connectivity index (χ1) is 12.0. The summed E-state index contributed by atoms with van der Waals surface area (Å²) >= 11 is 1.06. The number of aromatic nitrogens is 3. The molecule has 0 aliphatic carbocycles. The van der Waals surface area contributed by atoms with Crippen LogP contribution in [0.1, 0.15) is 29.4 Å². The molecule has 0 aliphatic heterocycles. The highest BCUT2D eigenvalue weighted by molar-refractivity contribution is 7.99. The van der Waals surface area contributed by atoms with Crippen molar-refractivity contribution in [1.82, 2.24) is 15.2 Å². The van der Waals surface area contributed by atoms with E-state index in [2.05, 4.69) is 15.2 Å². The molecule has 2 N–H and O–H groups in total. The first-order valence-electron chi connectivity index (χ1n) is 7.56. The summed E-state index contributed by atoms with van der Waals surface area (Å²) < 4.78 is 5.32. The molecule has 25 heavy (non-hydrogen) atoms. The van der Waals surface area contributed by atoms with Crippen LogP contribution >= 0.6 is 11.8 Å². The van der Waals surface area contributed by atoms with E-state index in [1.807, 2.05) is 6.92 Å². The lowest BCUT2D eigenvalue weighted by Gasteiger charge is -2.04. The molecule has 0 radical (unpaired) electrons. The quantitative estimate of drug-likeness (QED) is 0.508. The molecule has 0 fully saturated rings. The molecule has 9 heteroatoms. The summed E-state index contributed by atoms with van der Waals surface area (Å²) in [4.78, 5) is 37.0. The molecule has 0 saturated carbocycles. The van der Waals surface area contributed by atoms with Gasteiger partial charge in [0.25, 0.3) is 5.56 Å². The van der Waals surface area contributed by atoms with Gasteiger partial charge >= 0.3 is 5.97 Å². The van der Waals surface area contributed by atoms with Gasteiger partial charge in [-0.2, -0.15) is 0 Å². The molecule has 2 rings (SSSR count). The zero-order chi connectivity index (χ0) is 18.2. The molecule has 1 heterocycles. The molecular formula is C16H17N3O5S. The average Bonchev–Trinajstić information content (AvgIpc) is 2.59. The molecule has 1 aromatic heterocycles. The van der Waals surface area contributed by atoms with Gasteiger partial charge in [0, 0.05) is 12.0 Å². The van der Waals surface area contributed by atoms with E-state index in [9.17, 15) is 14.4 Å². The number of carboxylic acid groups (broad SMARTS) is 1. The molecule has 0 aliphatic rings. The van der Waals surface area contributed by atoms with Gasteiger partial charge < -0.3 is 9.84 Å². The number of nitrogens with zero attached hydrogens (tertiary/aromatic N) is 2. The summed E-state index contributed by atoms with van der Waals surface area (Å²) in [6, 6.07) is 6.80. The standard InChI is InChI=1S/C16H17N3O5S/c1-2-24-11-5-3-10(4-6-11)13(20)9-25-16-17-15(23)12(18-19-16)7-8-14(21)22/h3-6H,2,7-9H2,1H3,(H,21,22)(H,17,19,23). The van der Waals surface area contributed by atoms with E-state index in [-0.39, 0.29) is 35.2 Å². The van der Waals surface area contributed by atoms with Crippen LogP contribution in [0.25, 0.3) is 0 Å². The molecular weight excluding hydrogens is 346 g/mol. The minimum atomic E-state index is -1.01. The SMILES string of the molecule is CCOc1ccc(C(=O)CSc2nnc(CCC(=O)O)c(=O)[nH]2)cc1. The molecule has 8 nitrogen and oxygen atoms in total. The lowest BCUT2D eigenvalue weighted by Crippen LogP contribution is -2.19. The second kappa shape index (κ2) is 8.97. The Labute approximate surface area is 147 Å². The number of carbonyl (C=O) groups is 2. The largest absolute Gasteiger partial charge is 0.494 e. The number of Topliss-reactive ketones (excluding diaryl/α,β-unsaturated/α-hetero) is 1. The lowest BCUT2D eigenvalue weighted by molar-refractivity contribution is -0.136. The van der Waals surface area contributed by atoms with Crippen molar-refractivity contribution in [2.24, 2.45) is 0 Å². The Morgan fingerprint density at radius 3 is 2.56 bits per heavy atom. The number of nitrogens with one attached hydrogen (secondary N) is 1. The number of aryl methyl sites for hydroxylation is 1. The average molecular weight is 363 g/mol. The molecule has 0 atom stereocenters. The Hall–Kier alpha value is -2.68. The fourth-order valence-corrected chi connectivity index (χ4v) is 2.62. The maximum absolute atomic E-state index is 12.1. The number of aromatic amines is 1. The van der Waals surface area contributed by atoms with Crippen LogP contribution in [-0.2, 0) is 11.2 Å². The van der Waals surface area contributed by atoms with Crippen molar-refractivity contribution in [1.29, 1.82) is 0 Å². The number of hydrogen-bond donors (Lipinski definition) is 2. The Kier molecular flexibility index (Phi) is 6.70. The highest BCUT2D eigenvalue weighted by atomic mass is 32.2. The van der Waals surface area contributed by atoms with Gasteiger partial charge in [-0.05, 0) is 31.2 Å². The van der Waals surface area contributed by atoms with Gasteiger partial charge in [-0.1, -0.05) is 11.8 Å². The van der Waals surface area contributed by atoms with E-state index in [1.54, 1.807) is 24.3 Å². The number of ether oxygens (including phenoxy) is 1. The van der Waals surface area contributed by atoms with Crippen LogP contribution in [0.15, 0.2) is 34.2 Å². The van der Waals surface area contributed by atoms with Crippen LogP contribution in [-0.4, -0.2) is 44.4 Å². The first-order valence-corrected chi connectivity index (χ1v) is 8.54. The van der Waals surface area contributed by atoms with Crippen LogP contribution in [0.4, 0.5) is 0 Å². The van der Waals surface area contributed by atoms with E-state index in [4.69, 9.17) is 9.84 Å². The van der Waals surface area contributed by atoms with Gasteiger partial charge in [0.1, 0.15) is 11.4 Å². The second-order valence-corrected chi connectivity index (χ2v) is 5.93. The molecule has 0 bridgehead atoms. The number of rotatable bonds is 9. The third-order valence-electron chi connectivity index (χ3n) is 3.15. The van der Waals surface area contributed by atoms with E-state index in [0.29, 0.717) is 17.9 Å². The van der Waals surface area contributed by atoms with Crippen LogP contribution in [0, 0.1) is 0 Å². The van der Waals surface area contributed by atoms with Gasteiger partial charge in [0.2, 0.25) is 0 Å². The van der Waals surface area contributed by atoms with Crippen LogP contribution in [0.5, 0.6) is 5.75 Å². The van der Waals surface area contributed by atoms with E-state index < -0.39 is 11.5 Å². The number of carbonyl (C=O) groups excluding carboxylic acids is 1. The number of thioether (sulfide) groups is 1. The Bertz CT molecular complexity index is 804. The second-order valence-electron chi connectivity index (χ2n) is 4.97. The number of H-pyrrole nitrogens is 1. The van der Waals surface area contributed by atoms with Crippen LogP contribution in [0.2, 0.25) is 0 Å². The number of ketones is 1. The van der Waals surface area contributed by atoms with Crippen molar-refractivity contribution in [3.63, 3.8) is 0 Å². The molecule has 0 saturated heterocycles. The topological polar surface area (TPSA) is 122 Å². The number of aliphatic carboxylic acids is 1. The fraction of sp³-hybridized carbons (Fsp3) is 0.312. The maximum Gasteiger partial charge on any atom is 0.303 e. The summed E-state index contributed by atoms with van der Waals surface area (Å²) in [5, 5.41) is 16.4. The summed E-state index contributed by atoms with van der Waals surface area (Å²) in [7, 11) is 0. The minimum absolute atomic E-state index is 0.00766.